The number of carbonyl (C=O) groups is 1. The number of amides is 1. The first-order valence-corrected chi connectivity index (χ1v) is 8.19. The summed E-state index contributed by atoms with van der Waals surface area (Å²) in [6, 6.07) is 16.3. The van der Waals surface area contributed by atoms with Crippen LogP contribution in [0.5, 0.6) is 11.5 Å². The minimum absolute atomic E-state index is 0.235. The second-order valence-electron chi connectivity index (χ2n) is 5.21. The Morgan fingerprint density at radius 2 is 1.96 bits per heavy atom. The Labute approximate surface area is 142 Å². The molecule has 1 aliphatic rings. The van der Waals surface area contributed by atoms with Gasteiger partial charge in [0, 0.05) is 0 Å². The van der Waals surface area contributed by atoms with Crippen LogP contribution in [0.1, 0.15) is 15.2 Å². The number of hydrogen-bond donors (Lipinski definition) is 2. The maximum absolute atomic E-state index is 12.5. The lowest BCUT2D eigenvalue weighted by Gasteiger charge is -2.07. The second kappa shape index (κ2) is 5.82. The molecule has 2 heterocycles. The van der Waals surface area contributed by atoms with E-state index in [0.29, 0.717) is 34.3 Å². The second-order valence-corrected chi connectivity index (χ2v) is 6.15. The number of carbonyl (C=O) groups excluding carboxylic acids is 1. The lowest BCUT2D eigenvalue weighted by molar-refractivity contribution is 0.102. The highest BCUT2D eigenvalue weighted by Gasteiger charge is 2.20. The van der Waals surface area contributed by atoms with Gasteiger partial charge in [0.15, 0.2) is 5.75 Å². The average Bonchev–Trinajstić information content (AvgIpc) is 3.08. The van der Waals surface area contributed by atoms with Crippen molar-refractivity contribution in [3.63, 3.8) is 0 Å². The lowest BCUT2D eigenvalue weighted by atomic mass is 10.1. The molecule has 0 bridgehead atoms. The number of rotatable bonds is 2. The molecular weight excluding hydrogens is 322 g/mol. The topological polar surface area (TPSA) is 76.7 Å². The first-order valence-electron chi connectivity index (χ1n) is 7.31. The number of nitrogens with one attached hydrogen (secondary N) is 1. The van der Waals surface area contributed by atoms with Gasteiger partial charge < -0.3 is 15.8 Å². The van der Waals surface area contributed by atoms with Crippen LogP contribution in [-0.2, 0) is 0 Å². The van der Waals surface area contributed by atoms with E-state index in [-0.39, 0.29) is 5.91 Å². The van der Waals surface area contributed by atoms with Crippen molar-refractivity contribution >= 4 is 34.5 Å². The molecule has 24 heavy (non-hydrogen) atoms. The molecule has 0 aliphatic carbocycles. The molecule has 3 N–H and O–H groups in total. The van der Waals surface area contributed by atoms with Gasteiger partial charge >= 0.3 is 0 Å². The molecule has 6 heteroatoms. The number of ether oxygens (including phenoxy) is 1. The molecule has 2 aromatic carbocycles. The standard InChI is InChI=1S/C18H13N3O2S/c19-17(16-6-3-9-24-16)20-11-7-8-14-12(10-11)18(22)21-13-4-1-2-5-15(13)23-14/h1-10H,(H2,19,20)(H,21,22). The van der Waals surface area contributed by atoms with E-state index in [0.717, 1.165) is 4.88 Å². The molecule has 5 nitrogen and oxygen atoms in total. The van der Waals surface area contributed by atoms with E-state index in [2.05, 4.69) is 10.3 Å². The molecule has 0 fully saturated rings. The Morgan fingerprint density at radius 1 is 1.08 bits per heavy atom. The number of hydrogen-bond acceptors (Lipinski definition) is 4. The van der Waals surface area contributed by atoms with Crippen molar-refractivity contribution in [2.45, 2.75) is 0 Å². The number of thiophene rings is 1. The minimum Gasteiger partial charge on any atom is -0.454 e. The zero-order valence-corrected chi connectivity index (χ0v) is 13.3. The molecule has 0 spiro atoms. The quantitative estimate of drug-likeness (QED) is 0.546. The third-order valence-corrected chi connectivity index (χ3v) is 4.48. The van der Waals surface area contributed by atoms with Gasteiger partial charge in [-0.15, -0.1) is 11.3 Å². The van der Waals surface area contributed by atoms with Crippen molar-refractivity contribution in [1.29, 1.82) is 0 Å². The summed E-state index contributed by atoms with van der Waals surface area (Å²) in [5, 5.41) is 4.78. The summed E-state index contributed by atoms with van der Waals surface area (Å²) in [5.74, 6) is 1.29. The Bertz CT molecular complexity index is 949. The van der Waals surface area contributed by atoms with E-state index >= 15 is 0 Å². The molecule has 1 amide bonds. The maximum atomic E-state index is 12.5. The van der Waals surface area contributed by atoms with E-state index in [1.54, 1.807) is 24.3 Å². The van der Waals surface area contributed by atoms with Crippen LogP contribution >= 0.6 is 11.3 Å². The molecule has 1 aliphatic heterocycles. The van der Waals surface area contributed by atoms with Gasteiger partial charge in [-0.1, -0.05) is 18.2 Å². The first kappa shape index (κ1) is 14.5. The summed E-state index contributed by atoms with van der Waals surface area (Å²) in [7, 11) is 0. The van der Waals surface area contributed by atoms with Crippen LogP contribution in [0.4, 0.5) is 11.4 Å². The highest BCUT2D eigenvalue weighted by molar-refractivity contribution is 7.12. The summed E-state index contributed by atoms with van der Waals surface area (Å²) in [6.07, 6.45) is 0. The number of para-hydroxylation sites is 2. The van der Waals surface area contributed by atoms with Crippen molar-refractivity contribution in [3.8, 4) is 11.5 Å². The normalized spacial score (nSPS) is 13.3. The molecule has 0 radical (unpaired) electrons. The molecule has 4 rings (SSSR count). The van der Waals surface area contributed by atoms with Crippen molar-refractivity contribution < 1.29 is 9.53 Å². The zero-order chi connectivity index (χ0) is 16.5. The number of anilines is 1. The number of aliphatic imine (C=N–C) groups is 1. The summed E-state index contributed by atoms with van der Waals surface area (Å²) in [4.78, 5) is 17.7. The van der Waals surface area contributed by atoms with Gasteiger partial charge in [-0.05, 0) is 41.8 Å². The zero-order valence-electron chi connectivity index (χ0n) is 12.5. The number of benzene rings is 2. The van der Waals surface area contributed by atoms with E-state index in [1.165, 1.54) is 11.3 Å². The fourth-order valence-corrected chi connectivity index (χ4v) is 3.07. The number of nitrogens with two attached hydrogens (primary N) is 1. The van der Waals surface area contributed by atoms with Crippen molar-refractivity contribution in [3.05, 3.63) is 70.4 Å². The van der Waals surface area contributed by atoms with Crippen molar-refractivity contribution in [2.75, 3.05) is 5.32 Å². The molecule has 118 valence electrons. The minimum atomic E-state index is -0.235. The van der Waals surface area contributed by atoms with Crippen molar-refractivity contribution in [1.82, 2.24) is 0 Å². The monoisotopic (exact) mass is 335 g/mol. The van der Waals surface area contributed by atoms with Gasteiger partial charge in [0.05, 0.1) is 21.8 Å². The van der Waals surface area contributed by atoms with Gasteiger partial charge in [0.1, 0.15) is 11.6 Å². The number of amidine groups is 1. The van der Waals surface area contributed by atoms with Gasteiger partial charge in [0.2, 0.25) is 0 Å². The Morgan fingerprint density at radius 3 is 2.79 bits per heavy atom. The summed E-state index contributed by atoms with van der Waals surface area (Å²) < 4.78 is 5.84. The SMILES string of the molecule is NC(=Nc1ccc2c(c1)C(=O)Nc1ccccc1O2)c1cccs1. The molecule has 0 saturated heterocycles. The Balaban J connectivity index is 1.73. The summed E-state index contributed by atoms with van der Waals surface area (Å²) >= 11 is 1.51. The Hall–Kier alpha value is -3.12. The largest absolute Gasteiger partial charge is 0.454 e. The first-order chi connectivity index (χ1) is 11.7. The third kappa shape index (κ3) is 2.63. The van der Waals surface area contributed by atoms with E-state index in [9.17, 15) is 4.79 Å². The van der Waals surface area contributed by atoms with Crippen LogP contribution in [0.3, 0.4) is 0 Å². The lowest BCUT2D eigenvalue weighted by Crippen LogP contribution is -2.11. The summed E-state index contributed by atoms with van der Waals surface area (Å²) in [6.45, 7) is 0. The van der Waals surface area contributed by atoms with E-state index in [4.69, 9.17) is 10.5 Å². The van der Waals surface area contributed by atoms with Crippen LogP contribution in [-0.4, -0.2) is 11.7 Å². The average molecular weight is 335 g/mol. The van der Waals surface area contributed by atoms with Crippen LogP contribution < -0.4 is 15.8 Å². The van der Waals surface area contributed by atoms with Gasteiger partial charge in [0.25, 0.3) is 5.91 Å². The van der Waals surface area contributed by atoms with E-state index < -0.39 is 0 Å². The fourth-order valence-electron chi connectivity index (χ4n) is 2.44. The van der Waals surface area contributed by atoms with Gasteiger partial charge in [-0.3, -0.25) is 4.79 Å². The Kier molecular flexibility index (Phi) is 3.51. The molecule has 3 aromatic rings. The van der Waals surface area contributed by atoms with Crippen LogP contribution in [0.2, 0.25) is 0 Å². The van der Waals surface area contributed by atoms with Gasteiger partial charge in [-0.2, -0.15) is 0 Å². The number of fused-ring (bicyclic) bond motifs is 2. The molecule has 0 unspecified atom stereocenters. The van der Waals surface area contributed by atoms with Crippen LogP contribution in [0.15, 0.2) is 65.0 Å². The molecule has 0 saturated carbocycles. The maximum Gasteiger partial charge on any atom is 0.259 e. The molecular formula is C18H13N3O2S. The van der Waals surface area contributed by atoms with Crippen LogP contribution in [0.25, 0.3) is 0 Å². The highest BCUT2D eigenvalue weighted by Crippen LogP contribution is 2.36. The van der Waals surface area contributed by atoms with Crippen molar-refractivity contribution in [2.24, 2.45) is 10.7 Å². The number of nitrogens with zero attached hydrogens (tertiary/aromatic N) is 1. The van der Waals surface area contributed by atoms with Gasteiger partial charge in [-0.25, -0.2) is 4.99 Å². The van der Waals surface area contributed by atoms with Crippen LogP contribution in [0, 0.1) is 0 Å². The third-order valence-electron chi connectivity index (χ3n) is 3.59. The summed E-state index contributed by atoms with van der Waals surface area (Å²) in [5.41, 5.74) is 7.68. The molecule has 1 aromatic heterocycles. The highest BCUT2D eigenvalue weighted by atomic mass is 32.1. The van der Waals surface area contributed by atoms with E-state index in [1.807, 2.05) is 35.7 Å². The fraction of sp³-hybridized carbons (Fsp3) is 0. The predicted octanol–water partition coefficient (Wildman–Crippen LogP) is 4.14. The smallest absolute Gasteiger partial charge is 0.259 e. The molecule has 0 atom stereocenters. The predicted molar refractivity (Wildman–Crippen MR) is 95.6 cm³/mol.